The number of rotatable bonds is 2. The summed E-state index contributed by atoms with van der Waals surface area (Å²) in [6.07, 6.45) is 0.730. The molecule has 22 heavy (non-hydrogen) atoms. The maximum atomic E-state index is 12.8. The third-order valence-corrected chi connectivity index (χ3v) is 5.82. The summed E-state index contributed by atoms with van der Waals surface area (Å²) in [5.74, 6) is -0.0288. The van der Waals surface area contributed by atoms with E-state index in [9.17, 15) is 13.2 Å². The second-order valence-corrected chi connectivity index (χ2v) is 7.88. The van der Waals surface area contributed by atoms with Crippen molar-refractivity contribution >= 4 is 21.6 Å². The first-order valence-electron chi connectivity index (χ1n) is 7.44. The number of aryl methyl sites for hydroxylation is 1. The highest BCUT2D eigenvalue weighted by atomic mass is 32.2. The first-order valence-corrected chi connectivity index (χ1v) is 8.88. The van der Waals surface area contributed by atoms with Crippen molar-refractivity contribution in [2.45, 2.75) is 43.8 Å². The first-order chi connectivity index (χ1) is 10.4. The number of hydrogen-bond acceptors (Lipinski definition) is 4. The van der Waals surface area contributed by atoms with E-state index in [1.807, 2.05) is 13.8 Å². The van der Waals surface area contributed by atoms with Crippen LogP contribution in [-0.4, -0.2) is 43.9 Å². The standard InChI is InChI=1S/C15H20N2O4S/c1-10-8-17(9-11(2)21-10)22(19,20)13-4-5-14-12(7-13)3-6-15(18)16-14/h4-5,7,10-11H,3,6,8-9H2,1-2H3,(H,16,18)/t10-,11-/m0/s1. The molecule has 6 nitrogen and oxygen atoms in total. The van der Waals surface area contributed by atoms with Gasteiger partial charge in [0.15, 0.2) is 0 Å². The SMILES string of the molecule is C[C@H]1CN(S(=O)(=O)c2ccc3c(c2)CCC(=O)N3)C[C@H](C)O1. The summed E-state index contributed by atoms with van der Waals surface area (Å²) >= 11 is 0. The maximum Gasteiger partial charge on any atom is 0.243 e. The van der Waals surface area contributed by atoms with Crippen molar-refractivity contribution in [1.82, 2.24) is 4.31 Å². The molecule has 2 aliphatic rings. The molecule has 0 unspecified atom stereocenters. The Morgan fingerprint density at radius 1 is 1.18 bits per heavy atom. The summed E-state index contributed by atoms with van der Waals surface area (Å²) in [4.78, 5) is 11.7. The highest BCUT2D eigenvalue weighted by Gasteiger charge is 2.32. The van der Waals surface area contributed by atoms with Gasteiger partial charge in [-0.05, 0) is 44.0 Å². The number of nitrogens with one attached hydrogen (secondary N) is 1. The van der Waals surface area contributed by atoms with Crippen molar-refractivity contribution in [3.8, 4) is 0 Å². The lowest BCUT2D eigenvalue weighted by atomic mass is 10.0. The summed E-state index contributed by atoms with van der Waals surface area (Å²) in [5, 5.41) is 2.76. The number of anilines is 1. The van der Waals surface area contributed by atoms with Crippen molar-refractivity contribution in [2.75, 3.05) is 18.4 Å². The number of carbonyl (C=O) groups excluding carboxylic acids is 1. The number of fused-ring (bicyclic) bond motifs is 1. The molecule has 0 bridgehead atoms. The lowest BCUT2D eigenvalue weighted by Gasteiger charge is -2.34. The Morgan fingerprint density at radius 2 is 1.86 bits per heavy atom. The Morgan fingerprint density at radius 3 is 2.55 bits per heavy atom. The van der Waals surface area contributed by atoms with Crippen LogP contribution in [-0.2, 0) is 26.0 Å². The van der Waals surface area contributed by atoms with Crippen molar-refractivity contribution in [3.63, 3.8) is 0 Å². The van der Waals surface area contributed by atoms with E-state index >= 15 is 0 Å². The molecule has 3 rings (SSSR count). The number of amides is 1. The molecule has 2 aliphatic heterocycles. The van der Waals surface area contributed by atoms with Crippen molar-refractivity contribution < 1.29 is 17.9 Å². The lowest BCUT2D eigenvalue weighted by molar-refractivity contribution is -0.116. The van der Waals surface area contributed by atoms with Crippen LogP contribution in [0.25, 0.3) is 0 Å². The predicted octanol–water partition coefficient (Wildman–Crippen LogP) is 1.37. The molecule has 0 spiro atoms. The fraction of sp³-hybridized carbons (Fsp3) is 0.533. The maximum absolute atomic E-state index is 12.8. The van der Waals surface area contributed by atoms with Crippen LogP contribution in [0.2, 0.25) is 0 Å². The quantitative estimate of drug-likeness (QED) is 0.891. The molecule has 7 heteroatoms. The first kappa shape index (κ1) is 15.5. The van der Waals surface area contributed by atoms with Gasteiger partial charge in [0, 0.05) is 25.2 Å². The molecular weight excluding hydrogens is 304 g/mol. The van der Waals surface area contributed by atoms with Crippen LogP contribution in [0.5, 0.6) is 0 Å². The second kappa shape index (κ2) is 5.64. The summed E-state index contributed by atoms with van der Waals surface area (Å²) in [5.41, 5.74) is 1.58. The molecule has 1 fully saturated rings. The Hall–Kier alpha value is -1.44. The van der Waals surface area contributed by atoms with E-state index in [4.69, 9.17) is 4.74 Å². The minimum atomic E-state index is -3.53. The highest BCUT2D eigenvalue weighted by molar-refractivity contribution is 7.89. The van der Waals surface area contributed by atoms with Crippen molar-refractivity contribution in [1.29, 1.82) is 0 Å². The van der Waals surface area contributed by atoms with Crippen LogP contribution in [0.15, 0.2) is 23.1 Å². The van der Waals surface area contributed by atoms with E-state index < -0.39 is 10.0 Å². The normalized spacial score (nSPS) is 26.4. The third kappa shape index (κ3) is 2.88. The van der Waals surface area contributed by atoms with Crippen LogP contribution in [0.4, 0.5) is 5.69 Å². The van der Waals surface area contributed by atoms with Crippen LogP contribution in [0.3, 0.4) is 0 Å². The fourth-order valence-electron chi connectivity index (χ4n) is 3.00. The molecule has 1 aromatic rings. The molecule has 1 N–H and O–H groups in total. The fourth-order valence-corrected chi connectivity index (χ4v) is 4.64. The molecule has 2 heterocycles. The Bertz CT molecular complexity index is 691. The topological polar surface area (TPSA) is 75.7 Å². The molecule has 2 atom stereocenters. The van der Waals surface area contributed by atoms with Gasteiger partial charge in [-0.1, -0.05) is 0 Å². The van der Waals surface area contributed by atoms with Crippen molar-refractivity contribution in [2.24, 2.45) is 0 Å². The molecular formula is C15H20N2O4S. The zero-order chi connectivity index (χ0) is 15.9. The molecule has 1 aromatic carbocycles. The van der Waals surface area contributed by atoms with Gasteiger partial charge in [-0.2, -0.15) is 4.31 Å². The van der Waals surface area contributed by atoms with Gasteiger partial charge in [0.1, 0.15) is 0 Å². The number of carbonyl (C=O) groups is 1. The van der Waals surface area contributed by atoms with Gasteiger partial charge in [0.05, 0.1) is 17.1 Å². The van der Waals surface area contributed by atoms with Gasteiger partial charge in [0.25, 0.3) is 0 Å². The van der Waals surface area contributed by atoms with Gasteiger partial charge in [-0.15, -0.1) is 0 Å². The smallest absolute Gasteiger partial charge is 0.243 e. The second-order valence-electron chi connectivity index (χ2n) is 5.95. The van der Waals surface area contributed by atoms with Gasteiger partial charge in [0.2, 0.25) is 15.9 Å². The molecule has 0 aromatic heterocycles. The molecule has 0 radical (unpaired) electrons. The Balaban J connectivity index is 1.91. The van der Waals surface area contributed by atoms with Crippen LogP contribution < -0.4 is 5.32 Å². The van der Waals surface area contributed by atoms with Gasteiger partial charge in [-0.25, -0.2) is 8.42 Å². The number of sulfonamides is 1. The molecule has 120 valence electrons. The van der Waals surface area contributed by atoms with E-state index in [0.29, 0.717) is 31.6 Å². The molecule has 1 saturated heterocycles. The Kier molecular flexibility index (Phi) is 3.96. The molecule has 0 aliphatic carbocycles. The minimum Gasteiger partial charge on any atom is -0.373 e. The number of morpholine rings is 1. The van der Waals surface area contributed by atoms with Crippen LogP contribution in [0.1, 0.15) is 25.8 Å². The van der Waals surface area contributed by atoms with E-state index in [-0.39, 0.29) is 23.0 Å². The zero-order valence-electron chi connectivity index (χ0n) is 12.7. The molecule has 0 saturated carbocycles. The summed E-state index contributed by atoms with van der Waals surface area (Å²) in [7, 11) is -3.53. The average Bonchev–Trinajstić information content (AvgIpc) is 2.45. The van der Waals surface area contributed by atoms with E-state index in [1.54, 1.807) is 18.2 Å². The minimum absolute atomic E-state index is 0.0288. The van der Waals surface area contributed by atoms with Gasteiger partial charge in [-0.3, -0.25) is 4.79 Å². The zero-order valence-corrected chi connectivity index (χ0v) is 13.5. The van der Waals surface area contributed by atoms with Crippen molar-refractivity contribution in [3.05, 3.63) is 23.8 Å². The van der Waals surface area contributed by atoms with Gasteiger partial charge >= 0.3 is 0 Å². The third-order valence-electron chi connectivity index (χ3n) is 4.00. The number of ether oxygens (including phenoxy) is 1. The monoisotopic (exact) mass is 324 g/mol. The number of hydrogen-bond donors (Lipinski definition) is 1. The van der Waals surface area contributed by atoms with E-state index in [0.717, 1.165) is 5.56 Å². The summed E-state index contributed by atoms with van der Waals surface area (Å²) in [6, 6.07) is 4.91. The lowest BCUT2D eigenvalue weighted by Crippen LogP contribution is -2.48. The van der Waals surface area contributed by atoms with Gasteiger partial charge < -0.3 is 10.1 Å². The summed E-state index contributed by atoms with van der Waals surface area (Å²) in [6.45, 7) is 4.47. The number of benzene rings is 1. The average molecular weight is 324 g/mol. The van der Waals surface area contributed by atoms with E-state index in [1.165, 1.54) is 4.31 Å². The summed E-state index contributed by atoms with van der Waals surface area (Å²) < 4.78 is 32.7. The largest absolute Gasteiger partial charge is 0.373 e. The highest BCUT2D eigenvalue weighted by Crippen LogP contribution is 2.28. The van der Waals surface area contributed by atoms with Crippen LogP contribution in [0, 0.1) is 0 Å². The predicted molar refractivity (Wildman–Crippen MR) is 82.2 cm³/mol. The van der Waals surface area contributed by atoms with Crippen LogP contribution >= 0.6 is 0 Å². The Labute approximate surface area is 130 Å². The van der Waals surface area contributed by atoms with E-state index in [2.05, 4.69) is 5.32 Å². The number of nitrogens with zero attached hydrogens (tertiary/aromatic N) is 1. The molecule has 1 amide bonds.